The molecule has 0 saturated carbocycles. The molecule has 0 amide bonds. The fourth-order valence-electron chi connectivity index (χ4n) is 7.46. The molecule has 0 radical (unpaired) electrons. The standard InChI is InChI=1S/C45H33N9/c1-28-13-4-7-19-37(28)52-40(49-34-16-10-22-46-43(34)52)31-25-32(41-50-35-17-11-23-47-44(35)53(41)38-20-8-5-14-29(38)2)27-33(26-31)42-51-36-18-12-24-48-45(36)54(42)39-21-9-6-15-30(39)3/h4-27H,1-3H3. The fraction of sp³-hybridized carbons (Fsp3) is 0.0667. The maximum absolute atomic E-state index is 5.27. The van der Waals surface area contributed by atoms with Gasteiger partial charge in [0.15, 0.2) is 16.9 Å². The molecule has 0 unspecified atom stereocenters. The van der Waals surface area contributed by atoms with Crippen molar-refractivity contribution < 1.29 is 0 Å². The van der Waals surface area contributed by atoms with Gasteiger partial charge in [-0.2, -0.15) is 0 Å². The van der Waals surface area contributed by atoms with Crippen LogP contribution in [-0.4, -0.2) is 43.6 Å². The highest BCUT2D eigenvalue weighted by Crippen LogP contribution is 2.39. The molecule has 0 saturated heterocycles. The Morgan fingerprint density at radius 3 is 0.944 bits per heavy atom. The van der Waals surface area contributed by atoms with E-state index in [2.05, 4.69) is 125 Å². The van der Waals surface area contributed by atoms with Gasteiger partial charge in [0, 0.05) is 35.3 Å². The molecule has 9 nitrogen and oxygen atoms in total. The summed E-state index contributed by atoms with van der Waals surface area (Å²) in [4.78, 5) is 30.3. The third kappa shape index (κ3) is 5.01. The van der Waals surface area contributed by atoms with Crippen LogP contribution in [0, 0.1) is 20.8 Å². The smallest absolute Gasteiger partial charge is 0.164 e. The van der Waals surface area contributed by atoms with E-state index in [9.17, 15) is 0 Å². The first-order valence-electron chi connectivity index (χ1n) is 17.9. The molecule has 0 fully saturated rings. The lowest BCUT2D eigenvalue weighted by molar-refractivity contribution is 1.05. The first-order valence-corrected chi connectivity index (χ1v) is 17.9. The third-order valence-corrected chi connectivity index (χ3v) is 10.0. The van der Waals surface area contributed by atoms with Crippen LogP contribution in [0.3, 0.4) is 0 Å². The highest BCUT2D eigenvalue weighted by atomic mass is 15.2. The van der Waals surface area contributed by atoms with E-state index in [4.69, 9.17) is 29.9 Å². The maximum Gasteiger partial charge on any atom is 0.164 e. The van der Waals surface area contributed by atoms with Crippen molar-refractivity contribution in [3.8, 4) is 51.2 Å². The number of benzene rings is 4. The van der Waals surface area contributed by atoms with Gasteiger partial charge in [0.05, 0.1) is 17.1 Å². The van der Waals surface area contributed by atoms with Gasteiger partial charge < -0.3 is 0 Å². The van der Waals surface area contributed by atoms with Crippen LogP contribution >= 0.6 is 0 Å². The van der Waals surface area contributed by atoms with Crippen molar-refractivity contribution in [1.29, 1.82) is 0 Å². The molecule has 10 aromatic rings. The number of nitrogens with zero attached hydrogens (tertiary/aromatic N) is 9. The Morgan fingerprint density at radius 2 is 0.648 bits per heavy atom. The third-order valence-electron chi connectivity index (χ3n) is 10.0. The molecule has 6 heterocycles. The summed E-state index contributed by atoms with van der Waals surface area (Å²) < 4.78 is 6.47. The molecule has 4 aromatic carbocycles. The summed E-state index contributed by atoms with van der Waals surface area (Å²) in [5, 5.41) is 0. The summed E-state index contributed by atoms with van der Waals surface area (Å²) in [7, 11) is 0. The SMILES string of the molecule is Cc1ccccc1-n1c(-c2cc(-c3nc4cccnc4n3-c3ccccc3C)cc(-c3nc4cccnc4n3-c3ccccc3C)c2)nc2cccnc21. The number of pyridine rings is 3. The Morgan fingerprint density at radius 1 is 0.352 bits per heavy atom. The van der Waals surface area contributed by atoms with Gasteiger partial charge in [-0.25, -0.2) is 29.9 Å². The number of aryl methyl sites for hydroxylation is 3. The zero-order valence-electron chi connectivity index (χ0n) is 29.9. The van der Waals surface area contributed by atoms with Crippen molar-refractivity contribution in [3.63, 3.8) is 0 Å². The molecule has 0 bridgehead atoms. The average Bonchev–Trinajstić information content (AvgIpc) is 3.91. The van der Waals surface area contributed by atoms with Gasteiger partial charge in [0.2, 0.25) is 0 Å². The molecule has 6 aromatic heterocycles. The van der Waals surface area contributed by atoms with E-state index >= 15 is 0 Å². The molecule has 0 aliphatic carbocycles. The maximum atomic E-state index is 5.27. The second-order valence-electron chi connectivity index (χ2n) is 13.5. The van der Waals surface area contributed by atoms with Gasteiger partial charge in [0.1, 0.15) is 34.0 Å². The van der Waals surface area contributed by atoms with Gasteiger partial charge in [-0.1, -0.05) is 54.6 Å². The van der Waals surface area contributed by atoms with E-state index in [0.29, 0.717) is 0 Å². The monoisotopic (exact) mass is 699 g/mol. The van der Waals surface area contributed by atoms with Crippen molar-refractivity contribution >= 4 is 33.5 Å². The summed E-state index contributed by atoms with van der Waals surface area (Å²) in [5.41, 5.74) is 13.8. The number of imidazole rings is 3. The predicted molar refractivity (Wildman–Crippen MR) is 214 cm³/mol. The van der Waals surface area contributed by atoms with E-state index < -0.39 is 0 Å². The lowest BCUT2D eigenvalue weighted by Crippen LogP contribution is -2.04. The summed E-state index contributed by atoms with van der Waals surface area (Å²) >= 11 is 0. The zero-order valence-corrected chi connectivity index (χ0v) is 29.9. The minimum Gasteiger partial charge on any atom is -0.276 e. The van der Waals surface area contributed by atoms with Crippen LogP contribution < -0.4 is 0 Å². The van der Waals surface area contributed by atoms with Crippen LogP contribution in [0.5, 0.6) is 0 Å². The Bertz CT molecular complexity index is 2720. The molecule has 0 aliphatic rings. The molecular formula is C45H33N9. The van der Waals surface area contributed by atoms with Gasteiger partial charge in [0.25, 0.3) is 0 Å². The molecule has 258 valence electrons. The molecule has 0 N–H and O–H groups in total. The van der Waals surface area contributed by atoms with Gasteiger partial charge in [-0.3, -0.25) is 13.7 Å². The van der Waals surface area contributed by atoms with Crippen LogP contribution in [0.15, 0.2) is 146 Å². The molecule has 54 heavy (non-hydrogen) atoms. The number of fused-ring (bicyclic) bond motifs is 3. The van der Waals surface area contributed by atoms with E-state index in [-0.39, 0.29) is 0 Å². The number of rotatable bonds is 6. The van der Waals surface area contributed by atoms with Crippen LogP contribution in [0.25, 0.3) is 84.7 Å². The predicted octanol–water partition coefficient (Wildman–Crippen LogP) is 9.81. The van der Waals surface area contributed by atoms with Crippen LogP contribution in [-0.2, 0) is 0 Å². The van der Waals surface area contributed by atoms with Crippen molar-refractivity contribution in [1.82, 2.24) is 43.6 Å². The molecule has 0 aliphatic heterocycles. The quantitative estimate of drug-likeness (QED) is 0.172. The minimum atomic E-state index is 0.759. The highest BCUT2D eigenvalue weighted by molar-refractivity contribution is 5.88. The molecule has 0 atom stereocenters. The van der Waals surface area contributed by atoms with Crippen molar-refractivity contribution in [2.75, 3.05) is 0 Å². The van der Waals surface area contributed by atoms with Gasteiger partial charge in [-0.05, 0) is 110 Å². The lowest BCUT2D eigenvalue weighted by Gasteiger charge is -2.16. The summed E-state index contributed by atoms with van der Waals surface area (Å²) in [6.07, 6.45) is 5.46. The second kappa shape index (κ2) is 12.5. The molecule has 0 spiro atoms. The van der Waals surface area contributed by atoms with E-state index in [0.717, 1.165) is 101 Å². The largest absolute Gasteiger partial charge is 0.276 e. The van der Waals surface area contributed by atoms with Crippen LogP contribution in [0.4, 0.5) is 0 Å². The first-order chi connectivity index (χ1) is 26.5. The first kappa shape index (κ1) is 31.5. The van der Waals surface area contributed by atoms with Crippen LogP contribution in [0.1, 0.15) is 16.7 Å². The minimum absolute atomic E-state index is 0.759. The van der Waals surface area contributed by atoms with E-state index in [1.54, 1.807) is 0 Å². The fourth-order valence-corrected chi connectivity index (χ4v) is 7.46. The zero-order chi connectivity index (χ0) is 36.3. The van der Waals surface area contributed by atoms with E-state index in [1.807, 2.05) is 55.0 Å². The Hall–Kier alpha value is -7.26. The lowest BCUT2D eigenvalue weighted by atomic mass is 10.0. The van der Waals surface area contributed by atoms with Crippen molar-refractivity contribution in [3.05, 3.63) is 163 Å². The number of para-hydroxylation sites is 3. The topological polar surface area (TPSA) is 92.1 Å². The van der Waals surface area contributed by atoms with E-state index in [1.165, 1.54) is 0 Å². The molecule has 9 heteroatoms. The second-order valence-corrected chi connectivity index (χ2v) is 13.5. The van der Waals surface area contributed by atoms with Gasteiger partial charge >= 0.3 is 0 Å². The van der Waals surface area contributed by atoms with Crippen molar-refractivity contribution in [2.24, 2.45) is 0 Å². The highest BCUT2D eigenvalue weighted by Gasteiger charge is 2.24. The van der Waals surface area contributed by atoms with Crippen molar-refractivity contribution in [2.45, 2.75) is 20.8 Å². The Balaban J connectivity index is 1.33. The average molecular weight is 700 g/mol. The molecular weight excluding hydrogens is 667 g/mol. The summed E-state index contributed by atoms with van der Waals surface area (Å²) in [5.74, 6) is 2.28. The summed E-state index contributed by atoms with van der Waals surface area (Å²) in [6.45, 7) is 6.35. The molecule has 10 rings (SSSR count). The number of hydrogen-bond donors (Lipinski definition) is 0. The Labute approximate surface area is 310 Å². The number of hydrogen-bond acceptors (Lipinski definition) is 6. The van der Waals surface area contributed by atoms with Gasteiger partial charge in [-0.15, -0.1) is 0 Å². The number of aromatic nitrogens is 9. The summed E-state index contributed by atoms with van der Waals surface area (Å²) in [6, 6.07) is 43.4. The van der Waals surface area contributed by atoms with Crippen LogP contribution in [0.2, 0.25) is 0 Å². The normalized spacial score (nSPS) is 11.6. The Kier molecular flexibility index (Phi) is 7.26.